The van der Waals surface area contributed by atoms with Gasteiger partial charge in [-0.3, -0.25) is 0 Å². The highest BCUT2D eigenvalue weighted by Crippen LogP contribution is 2.35. The van der Waals surface area contributed by atoms with Crippen LogP contribution in [0.1, 0.15) is 30.5 Å². The van der Waals surface area contributed by atoms with Gasteiger partial charge in [0.05, 0.1) is 13.2 Å². The molecule has 0 aliphatic rings. The molecule has 0 spiro atoms. The molecule has 0 unspecified atom stereocenters. The first-order valence-corrected chi connectivity index (χ1v) is 9.38. The molecule has 0 radical (unpaired) electrons. The van der Waals surface area contributed by atoms with Crippen LogP contribution in [0.25, 0.3) is 0 Å². The number of benzene rings is 3. The van der Waals surface area contributed by atoms with Crippen molar-refractivity contribution in [3.63, 3.8) is 0 Å². The van der Waals surface area contributed by atoms with Crippen LogP contribution in [0, 0.1) is 0 Å². The summed E-state index contributed by atoms with van der Waals surface area (Å²) in [6.07, 6.45) is 0.482. The lowest BCUT2D eigenvalue weighted by Gasteiger charge is -2.30. The molecule has 0 atom stereocenters. The molecule has 0 fully saturated rings. The normalized spacial score (nSPS) is 11.2. The fourth-order valence-corrected chi connectivity index (χ4v) is 3.25. The van der Waals surface area contributed by atoms with Crippen molar-refractivity contribution in [1.82, 2.24) is 0 Å². The lowest BCUT2D eigenvalue weighted by Crippen LogP contribution is -2.30. The Kier molecular flexibility index (Phi) is 6.15. The molecule has 3 aromatic rings. The molecule has 0 bridgehead atoms. The van der Waals surface area contributed by atoms with Gasteiger partial charge in [0.1, 0.15) is 17.1 Å². The fourth-order valence-electron chi connectivity index (χ4n) is 3.25. The predicted octanol–water partition coefficient (Wildman–Crippen LogP) is 4.96. The van der Waals surface area contributed by atoms with E-state index in [0.29, 0.717) is 19.6 Å². The highest BCUT2D eigenvalue weighted by molar-refractivity contribution is 5.42. The van der Waals surface area contributed by atoms with Crippen LogP contribution in [-0.4, -0.2) is 18.3 Å². The first kappa shape index (κ1) is 19.0. The van der Waals surface area contributed by atoms with Crippen LogP contribution in [0.3, 0.4) is 0 Å². The quantitative estimate of drug-likeness (QED) is 0.615. The van der Waals surface area contributed by atoms with Crippen LogP contribution >= 0.6 is 0 Å². The monoisotopic (exact) mass is 362 g/mol. The number of aliphatic hydroxyl groups is 1. The fraction of sp³-hybridized carbons (Fsp3) is 0.250. The van der Waals surface area contributed by atoms with E-state index in [-0.39, 0.29) is 0 Å². The number of hydrogen-bond donors (Lipinski definition) is 1. The van der Waals surface area contributed by atoms with Crippen molar-refractivity contribution in [3.8, 4) is 11.5 Å². The Morgan fingerprint density at radius 2 is 1.11 bits per heavy atom. The maximum Gasteiger partial charge on any atom is 0.119 e. The van der Waals surface area contributed by atoms with Crippen molar-refractivity contribution in [2.75, 3.05) is 13.2 Å². The Morgan fingerprint density at radius 3 is 1.52 bits per heavy atom. The smallest absolute Gasteiger partial charge is 0.119 e. The third-order valence-electron chi connectivity index (χ3n) is 4.59. The largest absolute Gasteiger partial charge is 0.494 e. The second-order valence-electron chi connectivity index (χ2n) is 6.44. The van der Waals surface area contributed by atoms with Gasteiger partial charge < -0.3 is 14.6 Å². The SMILES string of the molecule is CCOc1ccc(C(O)(Cc2ccccc2)c2ccc(OCC)cc2)cc1. The van der Waals surface area contributed by atoms with E-state index in [1.165, 1.54) is 0 Å². The van der Waals surface area contributed by atoms with E-state index in [1.54, 1.807) is 0 Å². The molecule has 0 heterocycles. The topological polar surface area (TPSA) is 38.7 Å². The van der Waals surface area contributed by atoms with Crippen molar-refractivity contribution >= 4 is 0 Å². The lowest BCUT2D eigenvalue weighted by molar-refractivity contribution is 0.0810. The van der Waals surface area contributed by atoms with Crippen molar-refractivity contribution in [2.45, 2.75) is 25.9 Å². The number of hydrogen-bond acceptors (Lipinski definition) is 3. The Labute approximate surface area is 161 Å². The molecule has 27 heavy (non-hydrogen) atoms. The van der Waals surface area contributed by atoms with E-state index in [0.717, 1.165) is 28.2 Å². The summed E-state index contributed by atoms with van der Waals surface area (Å²) in [5.41, 5.74) is 1.59. The Morgan fingerprint density at radius 1 is 0.667 bits per heavy atom. The molecule has 3 aromatic carbocycles. The van der Waals surface area contributed by atoms with E-state index in [1.807, 2.05) is 92.7 Å². The summed E-state index contributed by atoms with van der Waals surface area (Å²) >= 11 is 0. The van der Waals surface area contributed by atoms with Crippen molar-refractivity contribution in [1.29, 1.82) is 0 Å². The van der Waals surface area contributed by atoms with E-state index in [4.69, 9.17) is 9.47 Å². The van der Waals surface area contributed by atoms with Gasteiger partial charge in [-0.2, -0.15) is 0 Å². The van der Waals surface area contributed by atoms with Crippen LogP contribution in [0.2, 0.25) is 0 Å². The highest BCUT2D eigenvalue weighted by atomic mass is 16.5. The van der Waals surface area contributed by atoms with Crippen LogP contribution in [0.15, 0.2) is 78.9 Å². The Hall–Kier alpha value is -2.78. The zero-order valence-electron chi connectivity index (χ0n) is 15.9. The van der Waals surface area contributed by atoms with Crippen molar-refractivity contribution in [2.24, 2.45) is 0 Å². The zero-order valence-corrected chi connectivity index (χ0v) is 15.9. The third kappa shape index (κ3) is 4.50. The number of rotatable bonds is 8. The number of ether oxygens (including phenoxy) is 2. The molecule has 3 heteroatoms. The van der Waals surface area contributed by atoms with Crippen LogP contribution < -0.4 is 9.47 Å². The van der Waals surface area contributed by atoms with E-state index >= 15 is 0 Å². The lowest BCUT2D eigenvalue weighted by atomic mass is 9.81. The standard InChI is InChI=1S/C24H26O3/c1-3-26-22-14-10-20(11-15-22)24(25,18-19-8-6-5-7-9-19)21-12-16-23(17-13-21)27-4-2/h5-17,25H,3-4,18H2,1-2H3. The molecule has 140 valence electrons. The van der Waals surface area contributed by atoms with Crippen molar-refractivity contribution in [3.05, 3.63) is 95.6 Å². The minimum atomic E-state index is -1.14. The van der Waals surface area contributed by atoms with Gasteiger partial charge in [0.25, 0.3) is 0 Å². The average molecular weight is 362 g/mol. The molecular formula is C24H26O3. The van der Waals surface area contributed by atoms with Gasteiger partial charge in [-0.1, -0.05) is 54.6 Å². The summed E-state index contributed by atoms with van der Waals surface area (Å²) in [5.74, 6) is 1.60. The zero-order chi connectivity index (χ0) is 19.1. The summed E-state index contributed by atoms with van der Waals surface area (Å²) in [6.45, 7) is 5.15. The maximum absolute atomic E-state index is 11.8. The Balaban J connectivity index is 1.99. The van der Waals surface area contributed by atoms with Crippen LogP contribution in [0.5, 0.6) is 11.5 Å². The minimum absolute atomic E-state index is 0.482. The maximum atomic E-state index is 11.8. The first-order chi connectivity index (χ1) is 13.2. The molecule has 0 aliphatic carbocycles. The second-order valence-corrected chi connectivity index (χ2v) is 6.44. The molecule has 0 aromatic heterocycles. The van der Waals surface area contributed by atoms with Gasteiger partial charge in [-0.15, -0.1) is 0 Å². The van der Waals surface area contributed by atoms with Crippen LogP contribution in [-0.2, 0) is 12.0 Å². The van der Waals surface area contributed by atoms with Crippen molar-refractivity contribution < 1.29 is 14.6 Å². The van der Waals surface area contributed by atoms with Gasteiger partial charge in [-0.05, 0) is 54.8 Å². The van der Waals surface area contributed by atoms with Gasteiger partial charge in [-0.25, -0.2) is 0 Å². The molecule has 0 amide bonds. The molecule has 0 saturated carbocycles. The van der Waals surface area contributed by atoms with Gasteiger partial charge >= 0.3 is 0 Å². The second kappa shape index (κ2) is 8.74. The molecule has 3 nitrogen and oxygen atoms in total. The minimum Gasteiger partial charge on any atom is -0.494 e. The Bertz CT molecular complexity index is 774. The molecule has 0 saturated heterocycles. The summed E-state index contributed by atoms with van der Waals surface area (Å²) in [5, 5.41) is 11.8. The molecule has 3 rings (SSSR count). The molecular weight excluding hydrogens is 336 g/mol. The van der Waals surface area contributed by atoms with Gasteiger partial charge in [0.15, 0.2) is 0 Å². The van der Waals surface area contributed by atoms with E-state index in [2.05, 4.69) is 0 Å². The van der Waals surface area contributed by atoms with Gasteiger partial charge in [0.2, 0.25) is 0 Å². The third-order valence-corrected chi connectivity index (χ3v) is 4.59. The first-order valence-electron chi connectivity index (χ1n) is 9.38. The summed E-state index contributed by atoms with van der Waals surface area (Å²) in [7, 11) is 0. The summed E-state index contributed by atoms with van der Waals surface area (Å²) in [6, 6.07) is 25.4. The van der Waals surface area contributed by atoms with Crippen LogP contribution in [0.4, 0.5) is 0 Å². The molecule has 1 N–H and O–H groups in total. The summed E-state index contributed by atoms with van der Waals surface area (Å²) < 4.78 is 11.1. The average Bonchev–Trinajstić information content (AvgIpc) is 2.70. The molecule has 0 aliphatic heterocycles. The van der Waals surface area contributed by atoms with E-state index < -0.39 is 5.60 Å². The van der Waals surface area contributed by atoms with E-state index in [9.17, 15) is 5.11 Å². The van der Waals surface area contributed by atoms with Gasteiger partial charge in [0, 0.05) is 6.42 Å². The summed E-state index contributed by atoms with van der Waals surface area (Å²) in [4.78, 5) is 0. The predicted molar refractivity (Wildman–Crippen MR) is 108 cm³/mol. The highest BCUT2D eigenvalue weighted by Gasteiger charge is 2.32.